The van der Waals surface area contributed by atoms with Crippen LogP contribution in [0.15, 0.2) is 42.5 Å². The lowest BCUT2D eigenvalue weighted by Crippen LogP contribution is -2.22. The molecule has 2 aromatic carbocycles. The van der Waals surface area contributed by atoms with Crippen LogP contribution in [0.3, 0.4) is 0 Å². The molecule has 2 rings (SSSR count). The van der Waals surface area contributed by atoms with Gasteiger partial charge in [0.25, 0.3) is 5.91 Å². The fraction of sp³-hybridized carbons (Fsp3) is 0.222. The Labute approximate surface area is 149 Å². The van der Waals surface area contributed by atoms with Crippen LogP contribution in [0, 0.1) is 5.82 Å². The topological polar surface area (TPSA) is 64.6 Å². The van der Waals surface area contributed by atoms with Crippen LogP contribution in [0.25, 0.3) is 0 Å². The quantitative estimate of drug-likeness (QED) is 0.761. The summed E-state index contributed by atoms with van der Waals surface area (Å²) in [6.45, 7) is 1.94. The molecule has 0 saturated carbocycles. The summed E-state index contributed by atoms with van der Waals surface area (Å²) in [4.78, 5) is 23.5. The van der Waals surface area contributed by atoms with E-state index >= 15 is 0 Å². The number of hydrogen-bond acceptors (Lipinski definition) is 4. The molecule has 0 unspecified atom stereocenters. The van der Waals surface area contributed by atoms with E-state index in [2.05, 4.69) is 5.32 Å². The van der Waals surface area contributed by atoms with Gasteiger partial charge in [0.2, 0.25) is 0 Å². The summed E-state index contributed by atoms with van der Waals surface area (Å²) in [5.41, 5.74) is 0.703. The van der Waals surface area contributed by atoms with E-state index in [1.54, 1.807) is 24.3 Å². The molecule has 1 N–H and O–H groups in total. The highest BCUT2D eigenvalue weighted by Gasteiger charge is 2.11. The van der Waals surface area contributed by atoms with Crippen LogP contribution < -0.4 is 10.1 Å². The minimum absolute atomic E-state index is 0.0228. The normalized spacial score (nSPS) is 10.2. The smallest absolute Gasteiger partial charge is 0.310 e. The molecule has 0 radical (unpaired) electrons. The summed E-state index contributed by atoms with van der Waals surface area (Å²) in [6, 6.07) is 10.8. The number of esters is 1. The molecule has 0 saturated heterocycles. The van der Waals surface area contributed by atoms with Crippen LogP contribution >= 0.6 is 11.6 Å². The first-order chi connectivity index (χ1) is 12.0. The second kappa shape index (κ2) is 9.03. The Morgan fingerprint density at radius 3 is 2.52 bits per heavy atom. The fourth-order valence-corrected chi connectivity index (χ4v) is 2.17. The number of halogens is 2. The summed E-state index contributed by atoms with van der Waals surface area (Å²) in [5.74, 6) is -1.15. The third kappa shape index (κ3) is 6.08. The SMILES string of the molecule is CCOc1ccc(CC(=O)OCC(=O)Nc2ccc(Cl)cc2F)cc1. The molecule has 0 aromatic heterocycles. The van der Waals surface area contributed by atoms with E-state index in [9.17, 15) is 14.0 Å². The maximum Gasteiger partial charge on any atom is 0.310 e. The van der Waals surface area contributed by atoms with Crippen LogP contribution in [0.1, 0.15) is 12.5 Å². The highest BCUT2D eigenvalue weighted by molar-refractivity contribution is 6.30. The van der Waals surface area contributed by atoms with Gasteiger partial charge < -0.3 is 14.8 Å². The molecule has 0 aliphatic heterocycles. The predicted molar refractivity (Wildman–Crippen MR) is 92.3 cm³/mol. The number of rotatable bonds is 7. The zero-order valence-electron chi connectivity index (χ0n) is 13.6. The minimum Gasteiger partial charge on any atom is -0.494 e. The van der Waals surface area contributed by atoms with Gasteiger partial charge in [-0.3, -0.25) is 9.59 Å². The van der Waals surface area contributed by atoms with Gasteiger partial charge in [-0.1, -0.05) is 23.7 Å². The average molecular weight is 366 g/mol. The lowest BCUT2D eigenvalue weighted by molar-refractivity contribution is -0.146. The maximum atomic E-state index is 13.6. The third-order valence-corrected chi connectivity index (χ3v) is 3.39. The molecule has 7 heteroatoms. The Bertz CT molecular complexity index is 749. The fourth-order valence-electron chi connectivity index (χ4n) is 2.01. The summed E-state index contributed by atoms with van der Waals surface area (Å²) in [5, 5.41) is 2.53. The van der Waals surface area contributed by atoms with E-state index < -0.39 is 24.3 Å². The average Bonchev–Trinajstić information content (AvgIpc) is 2.58. The minimum atomic E-state index is -0.665. The first kappa shape index (κ1) is 18.7. The maximum absolute atomic E-state index is 13.6. The van der Waals surface area contributed by atoms with Crippen LogP contribution in [0.2, 0.25) is 5.02 Å². The van der Waals surface area contributed by atoms with Crippen molar-refractivity contribution in [2.45, 2.75) is 13.3 Å². The zero-order chi connectivity index (χ0) is 18.2. The van der Waals surface area contributed by atoms with Gasteiger partial charge in [0, 0.05) is 5.02 Å². The molecule has 0 spiro atoms. The van der Waals surface area contributed by atoms with Crippen molar-refractivity contribution >= 4 is 29.2 Å². The summed E-state index contributed by atoms with van der Waals surface area (Å²) < 4.78 is 23.8. The molecule has 2 aromatic rings. The van der Waals surface area contributed by atoms with Gasteiger partial charge in [0.05, 0.1) is 18.7 Å². The predicted octanol–water partition coefficient (Wildman–Crippen LogP) is 3.60. The molecule has 0 atom stereocenters. The first-order valence-corrected chi connectivity index (χ1v) is 7.98. The number of amides is 1. The Morgan fingerprint density at radius 2 is 1.88 bits per heavy atom. The van der Waals surface area contributed by atoms with Gasteiger partial charge in [0.15, 0.2) is 6.61 Å². The van der Waals surface area contributed by atoms with E-state index in [-0.39, 0.29) is 17.1 Å². The molecular formula is C18H17ClFNO4. The molecule has 0 aliphatic carbocycles. The van der Waals surface area contributed by atoms with Crippen molar-refractivity contribution in [1.82, 2.24) is 0 Å². The number of hydrogen-bond donors (Lipinski definition) is 1. The van der Waals surface area contributed by atoms with Gasteiger partial charge in [-0.15, -0.1) is 0 Å². The highest BCUT2D eigenvalue weighted by atomic mass is 35.5. The molecule has 25 heavy (non-hydrogen) atoms. The van der Waals surface area contributed by atoms with Crippen LogP contribution in [-0.2, 0) is 20.7 Å². The van der Waals surface area contributed by atoms with Gasteiger partial charge in [-0.05, 0) is 42.8 Å². The van der Waals surface area contributed by atoms with Crippen molar-refractivity contribution in [1.29, 1.82) is 0 Å². The Morgan fingerprint density at radius 1 is 1.16 bits per heavy atom. The second-order valence-corrected chi connectivity index (χ2v) is 5.52. The first-order valence-electron chi connectivity index (χ1n) is 7.60. The van der Waals surface area contributed by atoms with Crippen molar-refractivity contribution in [3.63, 3.8) is 0 Å². The lowest BCUT2D eigenvalue weighted by atomic mass is 10.1. The molecular weight excluding hydrogens is 349 g/mol. The van der Waals surface area contributed by atoms with E-state index in [1.807, 2.05) is 6.92 Å². The molecule has 0 bridgehead atoms. The van der Waals surface area contributed by atoms with Crippen molar-refractivity contribution in [3.8, 4) is 5.75 Å². The Kier molecular flexibility index (Phi) is 6.77. The molecule has 5 nitrogen and oxygen atoms in total. The third-order valence-electron chi connectivity index (χ3n) is 3.15. The van der Waals surface area contributed by atoms with Crippen LogP contribution in [0.4, 0.5) is 10.1 Å². The molecule has 0 aliphatic rings. The summed E-state index contributed by atoms with van der Waals surface area (Å²) in [7, 11) is 0. The van der Waals surface area contributed by atoms with Gasteiger partial charge in [-0.2, -0.15) is 0 Å². The van der Waals surface area contributed by atoms with Crippen molar-refractivity contribution < 1.29 is 23.5 Å². The number of anilines is 1. The Hall–Kier alpha value is -2.60. The van der Waals surface area contributed by atoms with Crippen molar-refractivity contribution in [3.05, 3.63) is 58.9 Å². The number of carbonyl (C=O) groups excluding carboxylic acids is 2. The van der Waals surface area contributed by atoms with Crippen LogP contribution in [-0.4, -0.2) is 25.1 Å². The molecule has 1 amide bonds. The lowest BCUT2D eigenvalue weighted by Gasteiger charge is -2.08. The van der Waals surface area contributed by atoms with Gasteiger partial charge in [-0.25, -0.2) is 4.39 Å². The summed E-state index contributed by atoms with van der Waals surface area (Å²) in [6.07, 6.45) is 0.0228. The summed E-state index contributed by atoms with van der Waals surface area (Å²) >= 11 is 5.63. The molecule has 132 valence electrons. The molecule has 0 fully saturated rings. The largest absolute Gasteiger partial charge is 0.494 e. The standard InChI is InChI=1S/C18H17ClFNO4/c1-2-24-14-6-3-12(4-7-14)9-18(23)25-11-17(22)21-16-8-5-13(19)10-15(16)20/h3-8,10H,2,9,11H2,1H3,(H,21,22). The van der Waals surface area contributed by atoms with E-state index in [1.165, 1.54) is 12.1 Å². The second-order valence-electron chi connectivity index (χ2n) is 5.09. The van der Waals surface area contributed by atoms with E-state index in [0.717, 1.165) is 11.6 Å². The Balaban J connectivity index is 1.79. The number of carbonyl (C=O) groups is 2. The zero-order valence-corrected chi connectivity index (χ0v) is 14.3. The van der Waals surface area contributed by atoms with Gasteiger partial charge in [0.1, 0.15) is 11.6 Å². The number of benzene rings is 2. The highest BCUT2D eigenvalue weighted by Crippen LogP contribution is 2.18. The number of nitrogens with one attached hydrogen (secondary N) is 1. The van der Waals surface area contributed by atoms with Gasteiger partial charge >= 0.3 is 5.97 Å². The molecule has 0 heterocycles. The van der Waals surface area contributed by atoms with E-state index in [4.69, 9.17) is 21.1 Å². The number of ether oxygens (including phenoxy) is 2. The monoisotopic (exact) mass is 365 g/mol. The van der Waals surface area contributed by atoms with E-state index in [0.29, 0.717) is 12.4 Å². The van der Waals surface area contributed by atoms with Crippen molar-refractivity contribution in [2.75, 3.05) is 18.5 Å². The van der Waals surface area contributed by atoms with Crippen LogP contribution in [0.5, 0.6) is 5.75 Å². The van der Waals surface area contributed by atoms with Crippen molar-refractivity contribution in [2.24, 2.45) is 0 Å².